The lowest BCUT2D eigenvalue weighted by Gasteiger charge is -2.09. The zero-order valence-corrected chi connectivity index (χ0v) is 14.9. The second-order valence-corrected chi connectivity index (χ2v) is 6.26. The van der Waals surface area contributed by atoms with Gasteiger partial charge in [0.2, 0.25) is 0 Å². The number of carbonyl (C=O) groups is 2. The topological polar surface area (TPSA) is 81.2 Å². The van der Waals surface area contributed by atoms with E-state index in [9.17, 15) is 9.59 Å². The minimum Gasteiger partial charge on any atom is -0.452 e. The molecule has 0 saturated carbocycles. The Morgan fingerprint density at radius 1 is 1.08 bits per heavy atom. The number of aryl methyl sites for hydroxylation is 1. The Hall–Kier alpha value is -2.80. The van der Waals surface area contributed by atoms with Gasteiger partial charge in [-0.1, -0.05) is 15.9 Å². The number of nitrogens with one attached hydrogen (secondary N) is 1. The number of fused-ring (bicyclic) bond motifs is 1. The van der Waals surface area contributed by atoms with Crippen molar-refractivity contribution in [1.82, 2.24) is 9.97 Å². The van der Waals surface area contributed by atoms with Crippen LogP contribution in [0.4, 0.5) is 5.69 Å². The second kappa shape index (κ2) is 7.40. The molecular formula is C18H14BrN3O3. The minimum atomic E-state index is -0.588. The number of carbonyl (C=O) groups excluding carboxylic acids is 2. The van der Waals surface area contributed by atoms with Crippen molar-refractivity contribution in [2.24, 2.45) is 0 Å². The first-order valence-electron chi connectivity index (χ1n) is 7.47. The van der Waals surface area contributed by atoms with E-state index in [2.05, 4.69) is 31.2 Å². The molecule has 0 aliphatic heterocycles. The van der Waals surface area contributed by atoms with E-state index in [1.165, 1.54) is 0 Å². The largest absolute Gasteiger partial charge is 0.452 e. The summed E-state index contributed by atoms with van der Waals surface area (Å²) in [5.74, 6) is -0.991. The summed E-state index contributed by atoms with van der Waals surface area (Å²) < 4.78 is 5.99. The molecule has 2 aromatic carbocycles. The molecule has 0 radical (unpaired) electrons. The minimum absolute atomic E-state index is 0.320. The molecule has 0 aliphatic rings. The van der Waals surface area contributed by atoms with Crippen LogP contribution in [0.2, 0.25) is 0 Å². The molecule has 0 spiro atoms. The van der Waals surface area contributed by atoms with Crippen LogP contribution in [0, 0.1) is 6.92 Å². The molecule has 1 N–H and O–H groups in total. The molecule has 25 heavy (non-hydrogen) atoms. The smallest absolute Gasteiger partial charge is 0.338 e. The van der Waals surface area contributed by atoms with E-state index in [0.29, 0.717) is 22.3 Å². The second-order valence-electron chi connectivity index (χ2n) is 5.34. The fraction of sp³-hybridized carbons (Fsp3) is 0.111. The van der Waals surface area contributed by atoms with Crippen molar-refractivity contribution in [1.29, 1.82) is 0 Å². The van der Waals surface area contributed by atoms with Gasteiger partial charge in [0.25, 0.3) is 5.91 Å². The number of hydrogen-bond donors (Lipinski definition) is 1. The van der Waals surface area contributed by atoms with Crippen molar-refractivity contribution in [2.75, 3.05) is 11.9 Å². The summed E-state index contributed by atoms with van der Waals surface area (Å²) in [5, 5.41) is 2.71. The summed E-state index contributed by atoms with van der Waals surface area (Å²) in [6.45, 7) is 1.51. The van der Waals surface area contributed by atoms with Crippen molar-refractivity contribution in [3.63, 3.8) is 0 Å². The van der Waals surface area contributed by atoms with E-state index in [1.807, 2.05) is 19.1 Å². The third-order valence-electron chi connectivity index (χ3n) is 3.50. The van der Waals surface area contributed by atoms with Gasteiger partial charge < -0.3 is 10.1 Å². The van der Waals surface area contributed by atoms with Gasteiger partial charge in [-0.3, -0.25) is 14.8 Å². The van der Waals surface area contributed by atoms with Crippen LogP contribution in [0.25, 0.3) is 11.0 Å². The molecule has 6 nitrogen and oxygen atoms in total. The zero-order valence-electron chi connectivity index (χ0n) is 13.3. The molecule has 0 unspecified atom stereocenters. The highest BCUT2D eigenvalue weighted by Gasteiger charge is 2.12. The van der Waals surface area contributed by atoms with E-state index in [-0.39, 0.29) is 6.61 Å². The Labute approximate surface area is 152 Å². The average Bonchev–Trinajstić information content (AvgIpc) is 2.61. The van der Waals surface area contributed by atoms with Gasteiger partial charge in [0.05, 0.1) is 16.6 Å². The molecule has 0 aliphatic carbocycles. The first kappa shape index (κ1) is 17.0. The van der Waals surface area contributed by atoms with Crippen LogP contribution in [-0.4, -0.2) is 28.5 Å². The van der Waals surface area contributed by atoms with Gasteiger partial charge in [-0.2, -0.15) is 0 Å². The molecule has 1 amide bonds. The van der Waals surface area contributed by atoms with Gasteiger partial charge in [0.1, 0.15) is 0 Å². The van der Waals surface area contributed by atoms with Crippen molar-refractivity contribution in [3.8, 4) is 0 Å². The summed E-state index contributed by atoms with van der Waals surface area (Å²) in [5.41, 5.74) is 3.17. The molecular weight excluding hydrogens is 386 g/mol. The number of hydrogen-bond acceptors (Lipinski definition) is 5. The highest BCUT2D eigenvalue weighted by Crippen LogP contribution is 2.20. The summed E-state index contributed by atoms with van der Waals surface area (Å²) in [4.78, 5) is 32.3. The highest BCUT2D eigenvalue weighted by molar-refractivity contribution is 9.10. The highest BCUT2D eigenvalue weighted by atomic mass is 79.9. The molecule has 0 bridgehead atoms. The zero-order chi connectivity index (χ0) is 17.8. The quantitative estimate of drug-likeness (QED) is 0.678. The lowest BCUT2D eigenvalue weighted by Crippen LogP contribution is -2.21. The van der Waals surface area contributed by atoms with Crippen LogP contribution >= 0.6 is 15.9 Å². The van der Waals surface area contributed by atoms with E-state index in [1.54, 1.807) is 36.7 Å². The third-order valence-corrected chi connectivity index (χ3v) is 4.00. The normalized spacial score (nSPS) is 10.5. The number of aromatic nitrogens is 2. The fourth-order valence-corrected chi connectivity index (χ4v) is 2.73. The maximum absolute atomic E-state index is 12.1. The standard InChI is InChI=1S/C18H14BrN3O3/c1-11-8-13(19)3-5-14(11)22-17(23)10-25-18(24)12-2-4-15-16(9-12)21-7-6-20-15/h2-9H,10H2,1H3,(H,22,23). The maximum atomic E-state index is 12.1. The van der Waals surface area contributed by atoms with E-state index in [4.69, 9.17) is 4.74 Å². The number of esters is 1. The Morgan fingerprint density at radius 3 is 2.60 bits per heavy atom. The molecule has 126 valence electrons. The first-order valence-corrected chi connectivity index (χ1v) is 8.26. The van der Waals surface area contributed by atoms with Crippen molar-refractivity contribution in [3.05, 3.63) is 64.4 Å². The monoisotopic (exact) mass is 399 g/mol. The Bertz CT molecular complexity index is 959. The number of ether oxygens (including phenoxy) is 1. The van der Waals surface area contributed by atoms with Crippen LogP contribution in [0.3, 0.4) is 0 Å². The summed E-state index contributed by atoms with van der Waals surface area (Å²) in [6, 6.07) is 10.4. The predicted octanol–water partition coefficient (Wildman–Crippen LogP) is 3.50. The lowest BCUT2D eigenvalue weighted by atomic mass is 10.2. The van der Waals surface area contributed by atoms with Gasteiger partial charge in [-0.05, 0) is 48.9 Å². The van der Waals surface area contributed by atoms with Crippen molar-refractivity contribution >= 4 is 44.5 Å². The van der Waals surface area contributed by atoms with Gasteiger partial charge in [0, 0.05) is 22.6 Å². The Kier molecular flexibility index (Phi) is 5.04. The van der Waals surface area contributed by atoms with Gasteiger partial charge in [0.15, 0.2) is 6.61 Å². The van der Waals surface area contributed by atoms with E-state index >= 15 is 0 Å². The molecule has 0 saturated heterocycles. The third kappa shape index (κ3) is 4.19. The molecule has 0 atom stereocenters. The number of halogens is 1. The summed E-state index contributed by atoms with van der Waals surface area (Å²) in [7, 11) is 0. The SMILES string of the molecule is Cc1cc(Br)ccc1NC(=O)COC(=O)c1ccc2nccnc2c1. The fourth-order valence-electron chi connectivity index (χ4n) is 2.26. The van der Waals surface area contributed by atoms with Crippen LogP contribution in [0.1, 0.15) is 15.9 Å². The summed E-state index contributed by atoms with van der Waals surface area (Å²) >= 11 is 3.36. The van der Waals surface area contributed by atoms with Crippen molar-refractivity contribution in [2.45, 2.75) is 6.92 Å². The van der Waals surface area contributed by atoms with Gasteiger partial charge in [-0.25, -0.2) is 4.79 Å². The summed E-state index contributed by atoms with van der Waals surface area (Å²) in [6.07, 6.45) is 3.13. The maximum Gasteiger partial charge on any atom is 0.338 e. The van der Waals surface area contributed by atoms with Crippen LogP contribution in [-0.2, 0) is 9.53 Å². The molecule has 1 aromatic heterocycles. The van der Waals surface area contributed by atoms with E-state index in [0.717, 1.165) is 10.0 Å². The van der Waals surface area contributed by atoms with Gasteiger partial charge in [-0.15, -0.1) is 0 Å². The van der Waals surface area contributed by atoms with Crippen LogP contribution in [0.15, 0.2) is 53.3 Å². The molecule has 1 heterocycles. The molecule has 7 heteroatoms. The average molecular weight is 400 g/mol. The molecule has 3 rings (SSSR count). The van der Waals surface area contributed by atoms with Crippen LogP contribution < -0.4 is 5.32 Å². The van der Waals surface area contributed by atoms with Crippen LogP contribution in [0.5, 0.6) is 0 Å². The predicted molar refractivity (Wildman–Crippen MR) is 97.3 cm³/mol. The van der Waals surface area contributed by atoms with Crippen molar-refractivity contribution < 1.29 is 14.3 Å². The molecule has 3 aromatic rings. The number of anilines is 1. The Morgan fingerprint density at radius 2 is 1.84 bits per heavy atom. The number of amides is 1. The number of benzene rings is 2. The first-order chi connectivity index (χ1) is 12.0. The Balaban J connectivity index is 1.61. The molecule has 0 fully saturated rings. The van der Waals surface area contributed by atoms with Gasteiger partial charge >= 0.3 is 5.97 Å². The van der Waals surface area contributed by atoms with E-state index < -0.39 is 11.9 Å². The number of rotatable bonds is 4. The lowest BCUT2D eigenvalue weighted by molar-refractivity contribution is -0.119. The number of nitrogens with zero attached hydrogens (tertiary/aromatic N) is 2.